The van der Waals surface area contributed by atoms with Crippen molar-refractivity contribution in [2.75, 3.05) is 0 Å². The van der Waals surface area contributed by atoms with E-state index in [4.69, 9.17) is 4.74 Å². The van der Waals surface area contributed by atoms with Crippen molar-refractivity contribution in [2.45, 2.75) is 45.4 Å². The highest BCUT2D eigenvalue weighted by atomic mass is 19.4. The van der Waals surface area contributed by atoms with Gasteiger partial charge in [-0.2, -0.15) is 13.2 Å². The predicted molar refractivity (Wildman–Crippen MR) is 57.3 cm³/mol. The van der Waals surface area contributed by atoms with Crippen molar-refractivity contribution in [3.8, 4) is 0 Å². The molecule has 0 aromatic heterocycles. The molecule has 17 heavy (non-hydrogen) atoms. The van der Waals surface area contributed by atoms with Crippen LogP contribution in [0.25, 0.3) is 0 Å². The standard InChI is InChI=1S/C12H15F3O2/c1-8(6-7-9(2)12(13,14)15)10-4-3-5-11(16)17-10/h6-7,10H,3-5H2,1-2H3/b8-6+,9-7+. The molecule has 0 radical (unpaired) electrons. The lowest BCUT2D eigenvalue weighted by Crippen LogP contribution is -2.24. The van der Waals surface area contributed by atoms with Crippen LogP contribution in [-0.2, 0) is 9.53 Å². The second-order valence-corrected chi connectivity index (χ2v) is 4.13. The van der Waals surface area contributed by atoms with Crippen LogP contribution in [0.3, 0.4) is 0 Å². The largest absolute Gasteiger partial charge is 0.458 e. The van der Waals surface area contributed by atoms with Gasteiger partial charge in [0.2, 0.25) is 0 Å². The van der Waals surface area contributed by atoms with E-state index in [1.54, 1.807) is 6.92 Å². The van der Waals surface area contributed by atoms with Crippen molar-refractivity contribution >= 4 is 5.97 Å². The number of ether oxygens (including phenoxy) is 1. The van der Waals surface area contributed by atoms with Gasteiger partial charge in [-0.3, -0.25) is 4.79 Å². The Morgan fingerprint density at radius 2 is 2.00 bits per heavy atom. The van der Waals surface area contributed by atoms with Gasteiger partial charge in [0.1, 0.15) is 6.10 Å². The van der Waals surface area contributed by atoms with Crippen LogP contribution in [0.2, 0.25) is 0 Å². The molecule has 0 aromatic rings. The van der Waals surface area contributed by atoms with Gasteiger partial charge < -0.3 is 4.74 Å². The van der Waals surface area contributed by atoms with Gasteiger partial charge in [-0.05, 0) is 32.3 Å². The molecule has 0 aromatic carbocycles. The number of carbonyl (C=O) groups excluding carboxylic acids is 1. The van der Waals surface area contributed by atoms with Crippen LogP contribution in [0, 0.1) is 0 Å². The molecule has 1 fully saturated rings. The van der Waals surface area contributed by atoms with Crippen molar-refractivity contribution in [1.82, 2.24) is 0 Å². The van der Waals surface area contributed by atoms with E-state index >= 15 is 0 Å². The van der Waals surface area contributed by atoms with Crippen LogP contribution < -0.4 is 0 Å². The molecule has 1 heterocycles. The minimum Gasteiger partial charge on any atom is -0.458 e. The van der Waals surface area contributed by atoms with Crippen molar-refractivity contribution in [1.29, 1.82) is 0 Å². The molecular formula is C12H15F3O2. The van der Waals surface area contributed by atoms with Gasteiger partial charge in [-0.25, -0.2) is 0 Å². The van der Waals surface area contributed by atoms with Gasteiger partial charge in [0, 0.05) is 12.0 Å². The summed E-state index contributed by atoms with van der Waals surface area (Å²) in [6.07, 6.45) is -0.525. The fraction of sp³-hybridized carbons (Fsp3) is 0.583. The zero-order valence-electron chi connectivity index (χ0n) is 9.80. The number of carbonyl (C=O) groups is 1. The minimum absolute atomic E-state index is 0.287. The van der Waals surface area contributed by atoms with E-state index in [-0.39, 0.29) is 12.1 Å². The van der Waals surface area contributed by atoms with Crippen LogP contribution >= 0.6 is 0 Å². The second-order valence-electron chi connectivity index (χ2n) is 4.13. The van der Waals surface area contributed by atoms with E-state index in [0.29, 0.717) is 18.4 Å². The van der Waals surface area contributed by atoms with E-state index in [9.17, 15) is 18.0 Å². The number of cyclic esters (lactones) is 1. The fourth-order valence-electron chi connectivity index (χ4n) is 1.49. The molecule has 0 bridgehead atoms. The molecular weight excluding hydrogens is 233 g/mol. The molecule has 0 saturated carbocycles. The first-order valence-electron chi connectivity index (χ1n) is 5.42. The number of allylic oxidation sites excluding steroid dienone is 3. The Bertz CT molecular complexity index is 353. The molecule has 5 heteroatoms. The molecule has 0 spiro atoms. The molecule has 1 saturated heterocycles. The average molecular weight is 248 g/mol. The molecule has 1 rings (SSSR count). The monoisotopic (exact) mass is 248 g/mol. The zero-order valence-corrected chi connectivity index (χ0v) is 9.80. The molecule has 2 nitrogen and oxygen atoms in total. The number of hydrogen-bond donors (Lipinski definition) is 0. The van der Waals surface area contributed by atoms with E-state index in [2.05, 4.69) is 0 Å². The third-order valence-corrected chi connectivity index (χ3v) is 2.67. The first-order valence-corrected chi connectivity index (χ1v) is 5.42. The lowest BCUT2D eigenvalue weighted by Gasteiger charge is -2.22. The fourth-order valence-corrected chi connectivity index (χ4v) is 1.49. The van der Waals surface area contributed by atoms with E-state index in [1.165, 1.54) is 6.08 Å². The highest BCUT2D eigenvalue weighted by molar-refractivity contribution is 5.70. The summed E-state index contributed by atoms with van der Waals surface area (Å²) >= 11 is 0. The first kappa shape index (κ1) is 13.8. The van der Waals surface area contributed by atoms with Crippen molar-refractivity contribution in [3.63, 3.8) is 0 Å². The Balaban J connectivity index is 2.69. The maximum Gasteiger partial charge on any atom is 0.412 e. The Hall–Kier alpha value is -1.26. The van der Waals surface area contributed by atoms with E-state index in [1.807, 2.05) is 0 Å². The average Bonchev–Trinajstić information content (AvgIpc) is 2.24. The summed E-state index contributed by atoms with van der Waals surface area (Å²) in [4.78, 5) is 11.0. The van der Waals surface area contributed by atoms with Gasteiger partial charge in [0.15, 0.2) is 0 Å². The quantitative estimate of drug-likeness (QED) is 0.552. The van der Waals surface area contributed by atoms with Gasteiger partial charge >= 0.3 is 12.1 Å². The second kappa shape index (κ2) is 5.38. The summed E-state index contributed by atoms with van der Waals surface area (Å²) in [7, 11) is 0. The van der Waals surface area contributed by atoms with Crippen LogP contribution in [0.4, 0.5) is 13.2 Å². The van der Waals surface area contributed by atoms with Gasteiger partial charge in [0.05, 0.1) is 0 Å². The van der Waals surface area contributed by atoms with Crippen molar-refractivity contribution in [3.05, 3.63) is 23.3 Å². The Morgan fingerprint density at radius 3 is 2.53 bits per heavy atom. The van der Waals surface area contributed by atoms with Gasteiger partial charge in [-0.15, -0.1) is 0 Å². The molecule has 0 N–H and O–H groups in total. The lowest BCUT2D eigenvalue weighted by molar-refractivity contribution is -0.151. The number of alkyl halides is 3. The summed E-state index contributed by atoms with van der Waals surface area (Å²) in [6.45, 7) is 2.68. The number of halogens is 3. The third kappa shape index (κ3) is 4.24. The van der Waals surface area contributed by atoms with Crippen LogP contribution in [0.5, 0.6) is 0 Å². The zero-order chi connectivity index (χ0) is 13.1. The maximum atomic E-state index is 12.2. The van der Waals surface area contributed by atoms with E-state index in [0.717, 1.165) is 19.4 Å². The van der Waals surface area contributed by atoms with Gasteiger partial charge in [0.25, 0.3) is 0 Å². The van der Waals surface area contributed by atoms with Crippen molar-refractivity contribution in [2.24, 2.45) is 0 Å². The SMILES string of the molecule is C/C(=C\C=C(/C)C(F)(F)F)C1CCCC(=O)O1. The lowest BCUT2D eigenvalue weighted by atomic mass is 10.0. The molecule has 0 aliphatic carbocycles. The Kier molecular flexibility index (Phi) is 4.37. The highest BCUT2D eigenvalue weighted by Gasteiger charge is 2.29. The number of esters is 1. The minimum atomic E-state index is -4.31. The molecule has 1 aliphatic rings. The highest BCUT2D eigenvalue weighted by Crippen LogP contribution is 2.26. The summed E-state index contributed by atoms with van der Waals surface area (Å²) in [5.41, 5.74) is -0.0272. The molecule has 96 valence electrons. The number of hydrogen-bond acceptors (Lipinski definition) is 2. The molecule has 1 unspecified atom stereocenters. The molecule has 0 amide bonds. The Labute approximate surface area is 98.1 Å². The van der Waals surface area contributed by atoms with Gasteiger partial charge in [-0.1, -0.05) is 12.2 Å². The smallest absolute Gasteiger partial charge is 0.412 e. The normalized spacial score (nSPS) is 23.6. The summed E-state index contributed by atoms with van der Waals surface area (Å²) in [5.74, 6) is -0.287. The number of rotatable bonds is 2. The van der Waals surface area contributed by atoms with E-state index < -0.39 is 11.7 Å². The third-order valence-electron chi connectivity index (χ3n) is 2.67. The Morgan fingerprint density at radius 1 is 1.35 bits per heavy atom. The van der Waals surface area contributed by atoms with Crippen LogP contribution in [-0.4, -0.2) is 18.2 Å². The summed E-state index contributed by atoms with van der Waals surface area (Å²) in [6, 6.07) is 0. The van der Waals surface area contributed by atoms with Crippen LogP contribution in [0.1, 0.15) is 33.1 Å². The summed E-state index contributed by atoms with van der Waals surface area (Å²) < 4.78 is 41.7. The molecule has 1 aliphatic heterocycles. The van der Waals surface area contributed by atoms with Crippen molar-refractivity contribution < 1.29 is 22.7 Å². The maximum absolute atomic E-state index is 12.2. The summed E-state index contributed by atoms with van der Waals surface area (Å²) in [5, 5.41) is 0. The molecule has 1 atom stereocenters. The topological polar surface area (TPSA) is 26.3 Å². The van der Waals surface area contributed by atoms with Crippen LogP contribution in [0.15, 0.2) is 23.3 Å². The first-order chi connectivity index (χ1) is 7.80. The predicted octanol–water partition coefficient (Wildman–Crippen LogP) is 3.54.